The Morgan fingerprint density at radius 1 is 1.24 bits per heavy atom. The van der Waals surface area contributed by atoms with Crippen molar-refractivity contribution >= 4 is 11.8 Å². The van der Waals surface area contributed by atoms with Crippen molar-refractivity contribution in [2.45, 2.75) is 24.1 Å². The molecule has 2 rings (SSSR count). The van der Waals surface area contributed by atoms with Crippen LogP contribution in [0, 0.1) is 17.5 Å². The van der Waals surface area contributed by atoms with E-state index < -0.39 is 17.5 Å². The SMILES string of the molecule is CSC1(CNCc2cc(F)c(F)c(F)c2)CC1. The Kier molecular flexibility index (Phi) is 3.68. The van der Waals surface area contributed by atoms with E-state index in [1.165, 1.54) is 12.8 Å². The first-order chi connectivity index (χ1) is 8.06. The van der Waals surface area contributed by atoms with E-state index in [0.717, 1.165) is 18.7 Å². The highest BCUT2D eigenvalue weighted by atomic mass is 32.2. The fourth-order valence-corrected chi connectivity index (χ4v) is 2.49. The molecule has 0 amide bonds. The van der Waals surface area contributed by atoms with Crippen LogP contribution < -0.4 is 5.32 Å². The topological polar surface area (TPSA) is 12.0 Å². The van der Waals surface area contributed by atoms with Crippen LogP contribution in [0.1, 0.15) is 18.4 Å². The summed E-state index contributed by atoms with van der Waals surface area (Å²) < 4.78 is 38.9. The summed E-state index contributed by atoms with van der Waals surface area (Å²) in [6, 6.07) is 2.06. The molecular weight excluding hydrogens is 247 g/mol. The van der Waals surface area contributed by atoms with Gasteiger partial charge in [-0.3, -0.25) is 0 Å². The van der Waals surface area contributed by atoms with Crippen LogP contribution in [0.15, 0.2) is 12.1 Å². The Balaban J connectivity index is 1.91. The van der Waals surface area contributed by atoms with Crippen molar-refractivity contribution in [3.63, 3.8) is 0 Å². The molecule has 17 heavy (non-hydrogen) atoms. The van der Waals surface area contributed by atoms with Crippen LogP contribution in [0.25, 0.3) is 0 Å². The quantitative estimate of drug-likeness (QED) is 0.817. The molecule has 1 N–H and O–H groups in total. The average Bonchev–Trinajstić information content (AvgIpc) is 3.06. The second-order valence-corrected chi connectivity index (χ2v) is 5.64. The van der Waals surface area contributed by atoms with Crippen LogP contribution >= 0.6 is 11.8 Å². The summed E-state index contributed by atoms with van der Waals surface area (Å²) in [6.07, 6.45) is 4.41. The van der Waals surface area contributed by atoms with E-state index in [1.54, 1.807) is 0 Å². The Morgan fingerprint density at radius 2 is 1.82 bits per heavy atom. The van der Waals surface area contributed by atoms with E-state index >= 15 is 0 Å². The standard InChI is InChI=1S/C12H14F3NS/c1-17-12(2-3-12)7-16-6-8-4-9(13)11(15)10(14)5-8/h4-5,16H,2-3,6-7H2,1H3. The van der Waals surface area contributed by atoms with Crippen molar-refractivity contribution in [1.82, 2.24) is 5.32 Å². The highest BCUT2D eigenvalue weighted by Gasteiger charge is 2.41. The first kappa shape index (κ1) is 12.8. The molecule has 0 saturated heterocycles. The minimum Gasteiger partial charge on any atom is -0.311 e. The van der Waals surface area contributed by atoms with Gasteiger partial charge in [-0.15, -0.1) is 0 Å². The zero-order valence-electron chi connectivity index (χ0n) is 9.53. The third-order valence-corrected chi connectivity index (χ3v) is 4.48. The van der Waals surface area contributed by atoms with Crippen LogP contribution in [0.5, 0.6) is 0 Å². The highest BCUT2D eigenvalue weighted by molar-refractivity contribution is 8.00. The summed E-state index contributed by atoms with van der Waals surface area (Å²) in [5.41, 5.74) is 0.429. The number of hydrogen-bond donors (Lipinski definition) is 1. The molecule has 0 unspecified atom stereocenters. The van der Waals surface area contributed by atoms with Crippen LogP contribution in [0.2, 0.25) is 0 Å². The van der Waals surface area contributed by atoms with Gasteiger partial charge in [0, 0.05) is 17.8 Å². The van der Waals surface area contributed by atoms with Crippen LogP contribution in [-0.2, 0) is 6.54 Å². The third kappa shape index (κ3) is 2.96. The highest BCUT2D eigenvalue weighted by Crippen LogP contribution is 2.46. The van der Waals surface area contributed by atoms with Crippen LogP contribution in [0.4, 0.5) is 13.2 Å². The molecule has 5 heteroatoms. The van der Waals surface area contributed by atoms with Crippen molar-refractivity contribution in [2.75, 3.05) is 12.8 Å². The van der Waals surface area contributed by atoms with Gasteiger partial charge in [0.05, 0.1) is 0 Å². The molecule has 1 fully saturated rings. The van der Waals surface area contributed by atoms with Gasteiger partial charge in [0.25, 0.3) is 0 Å². The zero-order chi connectivity index (χ0) is 12.5. The summed E-state index contributed by atoms with van der Waals surface area (Å²) in [7, 11) is 0. The molecule has 0 aromatic heterocycles. The predicted octanol–water partition coefficient (Wildman–Crippen LogP) is 3.09. The van der Waals surface area contributed by atoms with Gasteiger partial charge in [-0.25, -0.2) is 13.2 Å². The van der Waals surface area contributed by atoms with Crippen molar-refractivity contribution in [3.8, 4) is 0 Å². The molecule has 94 valence electrons. The Morgan fingerprint density at radius 3 is 2.29 bits per heavy atom. The molecule has 0 heterocycles. The smallest absolute Gasteiger partial charge is 0.194 e. The second kappa shape index (κ2) is 4.90. The molecule has 1 aliphatic carbocycles. The van der Waals surface area contributed by atoms with E-state index in [2.05, 4.69) is 11.6 Å². The Hall–Kier alpha value is -0.680. The van der Waals surface area contributed by atoms with Crippen molar-refractivity contribution in [1.29, 1.82) is 0 Å². The van der Waals surface area contributed by atoms with E-state index in [1.807, 2.05) is 11.8 Å². The lowest BCUT2D eigenvalue weighted by atomic mass is 10.2. The molecule has 0 radical (unpaired) electrons. The summed E-state index contributed by atoms with van der Waals surface area (Å²) >= 11 is 1.81. The molecule has 1 nitrogen and oxygen atoms in total. The van der Waals surface area contributed by atoms with Crippen LogP contribution in [-0.4, -0.2) is 17.5 Å². The lowest BCUT2D eigenvalue weighted by Crippen LogP contribution is -2.25. The Bertz CT molecular complexity index is 395. The zero-order valence-corrected chi connectivity index (χ0v) is 10.3. The molecule has 1 aliphatic rings. The molecule has 1 aromatic carbocycles. The molecule has 1 saturated carbocycles. The maximum atomic E-state index is 12.9. The number of hydrogen-bond acceptors (Lipinski definition) is 2. The van der Waals surface area contributed by atoms with Gasteiger partial charge in [-0.05, 0) is 36.8 Å². The molecular formula is C12H14F3NS. The summed E-state index contributed by atoms with van der Waals surface area (Å²) in [5, 5.41) is 3.15. The van der Waals surface area contributed by atoms with E-state index in [9.17, 15) is 13.2 Å². The molecule has 0 atom stereocenters. The van der Waals surface area contributed by atoms with Gasteiger partial charge in [0.15, 0.2) is 17.5 Å². The maximum Gasteiger partial charge on any atom is 0.194 e. The number of halogens is 3. The molecule has 0 bridgehead atoms. The lowest BCUT2D eigenvalue weighted by Gasteiger charge is -2.13. The van der Waals surface area contributed by atoms with Gasteiger partial charge >= 0.3 is 0 Å². The summed E-state index contributed by atoms with van der Waals surface area (Å²) in [4.78, 5) is 0. The first-order valence-corrected chi connectivity index (χ1v) is 6.68. The Labute approximate surface area is 103 Å². The number of benzene rings is 1. The predicted molar refractivity (Wildman–Crippen MR) is 63.5 cm³/mol. The average molecular weight is 261 g/mol. The largest absolute Gasteiger partial charge is 0.311 e. The van der Waals surface area contributed by atoms with Crippen LogP contribution in [0.3, 0.4) is 0 Å². The van der Waals surface area contributed by atoms with E-state index in [4.69, 9.17) is 0 Å². The minimum atomic E-state index is -1.41. The minimum absolute atomic E-state index is 0.303. The first-order valence-electron chi connectivity index (χ1n) is 5.46. The van der Waals surface area contributed by atoms with Gasteiger partial charge in [0.1, 0.15) is 0 Å². The monoisotopic (exact) mass is 261 g/mol. The van der Waals surface area contributed by atoms with E-state index in [-0.39, 0.29) is 0 Å². The lowest BCUT2D eigenvalue weighted by molar-refractivity contribution is 0.444. The maximum absolute atomic E-state index is 12.9. The normalized spacial score (nSPS) is 17.2. The fraction of sp³-hybridized carbons (Fsp3) is 0.500. The van der Waals surface area contributed by atoms with Gasteiger partial charge in [-0.1, -0.05) is 0 Å². The van der Waals surface area contributed by atoms with Gasteiger partial charge in [-0.2, -0.15) is 11.8 Å². The second-order valence-electron chi connectivity index (χ2n) is 4.36. The van der Waals surface area contributed by atoms with Crippen molar-refractivity contribution in [3.05, 3.63) is 35.1 Å². The molecule has 0 spiro atoms. The van der Waals surface area contributed by atoms with Gasteiger partial charge < -0.3 is 5.32 Å². The fourth-order valence-electron chi connectivity index (χ4n) is 1.74. The number of nitrogens with one attached hydrogen (secondary N) is 1. The van der Waals surface area contributed by atoms with E-state index in [0.29, 0.717) is 16.9 Å². The van der Waals surface area contributed by atoms with Crippen molar-refractivity contribution < 1.29 is 13.2 Å². The van der Waals surface area contributed by atoms with Crippen molar-refractivity contribution in [2.24, 2.45) is 0 Å². The molecule has 0 aliphatic heterocycles. The third-order valence-electron chi connectivity index (χ3n) is 3.06. The van der Waals surface area contributed by atoms with Gasteiger partial charge in [0.2, 0.25) is 0 Å². The summed E-state index contributed by atoms with van der Waals surface area (Å²) in [6.45, 7) is 1.17. The molecule has 1 aromatic rings. The number of rotatable bonds is 5. The number of thioether (sulfide) groups is 1. The summed E-state index contributed by atoms with van der Waals surface area (Å²) in [5.74, 6) is -3.67.